The van der Waals surface area contributed by atoms with Crippen LogP contribution in [0.15, 0.2) is 0 Å². The first-order valence-corrected chi connectivity index (χ1v) is 3.00. The molecule has 0 amide bonds. The van der Waals surface area contributed by atoms with E-state index in [4.69, 9.17) is 21.4 Å². The molecular weight excluding hydrogens is 132 g/mol. The summed E-state index contributed by atoms with van der Waals surface area (Å²) in [4.78, 5) is 0. The van der Waals surface area contributed by atoms with Crippen LogP contribution in [0.4, 0.5) is 0 Å². The van der Waals surface area contributed by atoms with Gasteiger partial charge in [-0.2, -0.15) is 0 Å². The van der Waals surface area contributed by atoms with Crippen molar-refractivity contribution < 1.29 is 21.4 Å². The average molecular weight is 151 g/mol. The molecule has 1 atom stereocenters. The molecule has 1 aliphatic rings. The molecule has 1 rings (SSSR count). The molecule has 3 heteroatoms. The molecule has 0 aliphatic carbocycles. The number of hydrogen-bond donors (Lipinski definition) is 1. The first-order chi connectivity index (χ1) is 6.37. The van der Waals surface area contributed by atoms with Gasteiger partial charge in [0, 0.05) is 6.56 Å². The van der Waals surface area contributed by atoms with Crippen molar-refractivity contribution in [2.24, 2.45) is 0 Å². The predicted octanol–water partition coefficient (Wildman–Crippen LogP) is 0.520. The highest BCUT2D eigenvalue weighted by Crippen LogP contribution is 2.23. The van der Waals surface area contributed by atoms with Crippen molar-refractivity contribution in [1.82, 2.24) is 0 Å². The SMILES string of the molecule is [2H]C([2H])(O)CC1([2H])OC(C)(C)OC1([2H])[2H]. The van der Waals surface area contributed by atoms with Gasteiger partial charge in [-0.25, -0.2) is 0 Å². The van der Waals surface area contributed by atoms with Crippen molar-refractivity contribution in [1.29, 1.82) is 0 Å². The lowest BCUT2D eigenvalue weighted by Gasteiger charge is -2.16. The van der Waals surface area contributed by atoms with Gasteiger partial charge in [0.15, 0.2) is 5.79 Å². The lowest BCUT2D eigenvalue weighted by atomic mass is 10.3. The standard InChI is InChI=1S/C7H14O3/c1-7(2)9-5-6(10-7)3-4-8/h6,8H,3-5H2,1-2H3/i4D2,5D2,6D. The molecule has 1 saturated heterocycles. The Hall–Kier alpha value is -0.120. The van der Waals surface area contributed by atoms with Crippen LogP contribution in [0.5, 0.6) is 0 Å². The van der Waals surface area contributed by atoms with Gasteiger partial charge < -0.3 is 14.6 Å². The highest BCUT2D eigenvalue weighted by Gasteiger charge is 2.31. The van der Waals surface area contributed by atoms with E-state index in [9.17, 15) is 0 Å². The van der Waals surface area contributed by atoms with Gasteiger partial charge in [-0.1, -0.05) is 0 Å². The highest BCUT2D eigenvalue weighted by molar-refractivity contribution is 4.69. The molecule has 1 heterocycles. The largest absolute Gasteiger partial charge is 0.396 e. The van der Waals surface area contributed by atoms with Gasteiger partial charge in [0.2, 0.25) is 0 Å². The van der Waals surface area contributed by atoms with Gasteiger partial charge >= 0.3 is 0 Å². The van der Waals surface area contributed by atoms with Gasteiger partial charge in [0.1, 0.15) is 0 Å². The smallest absolute Gasteiger partial charge is 0.163 e. The minimum Gasteiger partial charge on any atom is -0.396 e. The second-order valence-electron chi connectivity index (χ2n) is 2.46. The molecule has 3 nitrogen and oxygen atoms in total. The van der Waals surface area contributed by atoms with Crippen LogP contribution in [-0.4, -0.2) is 30.1 Å². The maximum atomic E-state index is 8.96. The summed E-state index contributed by atoms with van der Waals surface area (Å²) < 4.78 is 46.2. The van der Waals surface area contributed by atoms with Crippen LogP contribution in [0.3, 0.4) is 0 Å². The molecule has 0 bridgehead atoms. The van der Waals surface area contributed by atoms with Crippen molar-refractivity contribution in [2.45, 2.75) is 32.1 Å². The quantitative estimate of drug-likeness (QED) is 0.625. The van der Waals surface area contributed by atoms with Gasteiger partial charge in [-0.15, -0.1) is 0 Å². The number of hydrogen-bond acceptors (Lipinski definition) is 3. The molecule has 60 valence electrons. The van der Waals surface area contributed by atoms with Gasteiger partial charge in [0.05, 0.1) is 19.5 Å². The molecule has 10 heavy (non-hydrogen) atoms. The Labute approximate surface area is 68.0 Å². The number of aliphatic hydroxyl groups is 1. The third-order valence-electron chi connectivity index (χ3n) is 1.02. The minimum atomic E-state index is -2.68. The summed E-state index contributed by atoms with van der Waals surface area (Å²) in [5, 5.41) is 8.96. The fourth-order valence-corrected chi connectivity index (χ4v) is 0.662. The molecule has 1 N–H and O–H groups in total. The van der Waals surface area contributed by atoms with Crippen LogP contribution in [0, 0.1) is 0 Å². The average Bonchev–Trinajstić information content (AvgIpc) is 1.88. The maximum absolute atomic E-state index is 8.96. The normalized spacial score (nSPS) is 52.1. The van der Waals surface area contributed by atoms with Crippen molar-refractivity contribution in [3.05, 3.63) is 0 Å². The van der Waals surface area contributed by atoms with E-state index in [0.29, 0.717) is 0 Å². The van der Waals surface area contributed by atoms with Crippen molar-refractivity contribution >= 4 is 0 Å². The summed E-state index contributed by atoms with van der Waals surface area (Å²) in [6, 6.07) is 0. The predicted molar refractivity (Wildman–Crippen MR) is 36.6 cm³/mol. The minimum absolute atomic E-state index is 0.823. The first kappa shape index (κ1) is 3.52. The Morgan fingerprint density at radius 1 is 2.00 bits per heavy atom. The summed E-state index contributed by atoms with van der Waals surface area (Å²) in [6.45, 7) is -2.30. The van der Waals surface area contributed by atoms with Gasteiger partial charge in [-0.3, -0.25) is 0 Å². The lowest BCUT2D eigenvalue weighted by Crippen LogP contribution is -2.21. The van der Waals surface area contributed by atoms with E-state index in [2.05, 4.69) is 0 Å². The molecule has 0 spiro atoms. The third-order valence-corrected chi connectivity index (χ3v) is 1.02. The summed E-state index contributed by atoms with van der Waals surface area (Å²) >= 11 is 0. The van der Waals surface area contributed by atoms with E-state index < -0.39 is 31.4 Å². The van der Waals surface area contributed by atoms with Crippen molar-refractivity contribution in [3.8, 4) is 0 Å². The van der Waals surface area contributed by atoms with E-state index in [0.717, 1.165) is 0 Å². The molecule has 0 radical (unpaired) electrons. The second kappa shape index (κ2) is 2.86. The fourth-order valence-electron chi connectivity index (χ4n) is 0.662. The molecule has 0 aromatic rings. The van der Waals surface area contributed by atoms with Crippen molar-refractivity contribution in [2.75, 3.05) is 13.1 Å². The molecule has 1 fully saturated rings. The van der Waals surface area contributed by atoms with E-state index in [1.165, 1.54) is 13.8 Å². The van der Waals surface area contributed by atoms with E-state index in [1.54, 1.807) is 0 Å². The van der Waals surface area contributed by atoms with Crippen LogP contribution >= 0.6 is 0 Å². The van der Waals surface area contributed by atoms with Crippen LogP contribution in [0.25, 0.3) is 0 Å². The summed E-state index contributed by atoms with van der Waals surface area (Å²) in [5.41, 5.74) is 0. The van der Waals surface area contributed by atoms with Crippen LogP contribution < -0.4 is 0 Å². The number of rotatable bonds is 2. The first-order valence-electron chi connectivity index (χ1n) is 5.50. The van der Waals surface area contributed by atoms with Crippen molar-refractivity contribution in [3.63, 3.8) is 0 Å². The zero-order valence-electron chi connectivity index (χ0n) is 11.0. The van der Waals surface area contributed by atoms with E-state index in [-0.39, 0.29) is 0 Å². The van der Waals surface area contributed by atoms with Crippen LogP contribution in [-0.2, 0) is 9.47 Å². The Bertz CT molecular complexity index is 262. The summed E-state index contributed by atoms with van der Waals surface area (Å²) in [7, 11) is 0. The Morgan fingerprint density at radius 2 is 2.70 bits per heavy atom. The van der Waals surface area contributed by atoms with Crippen LogP contribution in [0.1, 0.15) is 27.1 Å². The topological polar surface area (TPSA) is 38.7 Å². The monoisotopic (exact) mass is 151 g/mol. The number of ether oxygens (including phenoxy) is 2. The second-order valence-corrected chi connectivity index (χ2v) is 2.46. The van der Waals surface area contributed by atoms with Gasteiger partial charge in [-0.05, 0) is 20.3 Å². The molecule has 0 aromatic heterocycles. The summed E-state index contributed by atoms with van der Waals surface area (Å²) in [6.07, 6.45) is -3.08. The Kier molecular flexibility index (Phi) is 1.01. The Morgan fingerprint density at radius 3 is 3.10 bits per heavy atom. The molecular formula is C7H14O3. The lowest BCUT2D eigenvalue weighted by molar-refractivity contribution is -0.139. The fraction of sp³-hybridized carbons (Fsp3) is 1.00. The molecule has 1 unspecified atom stereocenters. The van der Waals surface area contributed by atoms with E-state index >= 15 is 0 Å². The van der Waals surface area contributed by atoms with Crippen LogP contribution in [0.2, 0.25) is 0 Å². The molecule has 0 saturated carbocycles. The van der Waals surface area contributed by atoms with Gasteiger partial charge in [0.25, 0.3) is 0 Å². The molecule has 0 aromatic carbocycles. The zero-order valence-corrected chi connectivity index (χ0v) is 5.97. The molecule has 1 aliphatic heterocycles. The third kappa shape index (κ3) is 1.94. The Balaban J connectivity index is 2.93. The highest BCUT2D eigenvalue weighted by atomic mass is 16.7. The van der Waals surface area contributed by atoms with E-state index in [1.807, 2.05) is 0 Å². The summed E-state index contributed by atoms with van der Waals surface area (Å²) in [5.74, 6) is -1.31. The maximum Gasteiger partial charge on any atom is 0.163 e. The zero-order chi connectivity index (χ0) is 12.1.